The van der Waals surface area contributed by atoms with Crippen molar-refractivity contribution in [2.45, 2.75) is 32.9 Å². The van der Waals surface area contributed by atoms with Gasteiger partial charge in [0.2, 0.25) is 5.91 Å². The van der Waals surface area contributed by atoms with Crippen molar-refractivity contribution in [3.63, 3.8) is 0 Å². The Kier molecular flexibility index (Phi) is 7.83. The van der Waals surface area contributed by atoms with Crippen molar-refractivity contribution in [1.29, 1.82) is 0 Å². The molecule has 7 heteroatoms. The lowest BCUT2D eigenvalue weighted by molar-refractivity contribution is -0.122. The van der Waals surface area contributed by atoms with Crippen molar-refractivity contribution >= 4 is 11.9 Å². The number of rotatable bonds is 9. The van der Waals surface area contributed by atoms with E-state index in [9.17, 15) is 9.59 Å². The van der Waals surface area contributed by atoms with Crippen LogP contribution in [0.2, 0.25) is 0 Å². The number of ether oxygens (including phenoxy) is 2. The smallest absolute Gasteiger partial charge is 0.318 e. The lowest BCUT2D eigenvalue weighted by Crippen LogP contribution is -2.43. The number of benzene rings is 2. The van der Waals surface area contributed by atoms with Crippen LogP contribution in [0.3, 0.4) is 0 Å². The summed E-state index contributed by atoms with van der Waals surface area (Å²) in [6.45, 7) is 6.80. The van der Waals surface area contributed by atoms with Crippen LogP contribution in [-0.4, -0.2) is 25.2 Å². The summed E-state index contributed by atoms with van der Waals surface area (Å²) >= 11 is 0. The summed E-state index contributed by atoms with van der Waals surface area (Å²) in [5.74, 6) is 0.807. The van der Waals surface area contributed by atoms with Gasteiger partial charge in [-0.2, -0.15) is 0 Å². The quantitative estimate of drug-likeness (QED) is 0.616. The van der Waals surface area contributed by atoms with E-state index in [-0.39, 0.29) is 6.04 Å². The molecule has 0 saturated heterocycles. The Bertz CT molecular complexity index is 795. The van der Waals surface area contributed by atoms with Crippen LogP contribution in [0, 0.1) is 0 Å². The minimum absolute atomic E-state index is 0.210. The molecule has 0 saturated carbocycles. The maximum atomic E-state index is 12.5. The molecule has 2 aromatic rings. The van der Waals surface area contributed by atoms with E-state index in [1.807, 2.05) is 69.3 Å². The molecular weight excluding hydrogens is 358 g/mol. The Labute approximate surface area is 165 Å². The molecule has 3 amide bonds. The summed E-state index contributed by atoms with van der Waals surface area (Å²) < 4.78 is 11.3. The van der Waals surface area contributed by atoms with E-state index in [2.05, 4.69) is 10.6 Å². The third-order valence-corrected chi connectivity index (χ3v) is 4.13. The molecular formula is C21H27N3O4. The minimum Gasteiger partial charge on any atom is -0.490 e. The molecule has 0 aromatic heterocycles. The second-order valence-corrected chi connectivity index (χ2v) is 6.16. The van der Waals surface area contributed by atoms with Crippen LogP contribution in [-0.2, 0) is 4.79 Å². The minimum atomic E-state index is -0.889. The summed E-state index contributed by atoms with van der Waals surface area (Å²) in [6, 6.07) is 13.0. The molecule has 4 N–H and O–H groups in total. The predicted octanol–water partition coefficient (Wildman–Crippen LogP) is 3.07. The van der Waals surface area contributed by atoms with Gasteiger partial charge < -0.3 is 15.2 Å². The second kappa shape index (κ2) is 10.3. The zero-order chi connectivity index (χ0) is 20.5. The number of urea groups is 1. The number of imide groups is 1. The summed E-state index contributed by atoms with van der Waals surface area (Å²) in [5, 5.41) is 5.41. The van der Waals surface area contributed by atoms with Crippen molar-refractivity contribution in [3.05, 3.63) is 59.7 Å². The first-order valence-electron chi connectivity index (χ1n) is 9.27. The zero-order valence-electron chi connectivity index (χ0n) is 16.4. The van der Waals surface area contributed by atoms with E-state index in [1.165, 1.54) is 0 Å². The number of amides is 3. The van der Waals surface area contributed by atoms with Gasteiger partial charge in [-0.25, -0.2) is 4.79 Å². The van der Waals surface area contributed by atoms with Gasteiger partial charge in [0, 0.05) is 6.04 Å². The normalized spacial score (nSPS) is 12.7. The molecule has 150 valence electrons. The van der Waals surface area contributed by atoms with Crippen molar-refractivity contribution in [1.82, 2.24) is 10.6 Å². The lowest BCUT2D eigenvalue weighted by atomic mass is 10.0. The Morgan fingerprint density at radius 3 is 2.21 bits per heavy atom. The average molecular weight is 385 g/mol. The van der Waals surface area contributed by atoms with E-state index < -0.39 is 18.0 Å². The van der Waals surface area contributed by atoms with Gasteiger partial charge in [-0.1, -0.05) is 36.4 Å². The Morgan fingerprint density at radius 2 is 1.61 bits per heavy atom. The van der Waals surface area contributed by atoms with Crippen molar-refractivity contribution in [2.24, 2.45) is 5.73 Å². The number of nitrogens with two attached hydrogens (primary N) is 1. The van der Waals surface area contributed by atoms with Crippen molar-refractivity contribution < 1.29 is 19.1 Å². The summed E-state index contributed by atoms with van der Waals surface area (Å²) in [5.41, 5.74) is 6.76. The van der Waals surface area contributed by atoms with Crippen LogP contribution in [0.1, 0.15) is 44.0 Å². The van der Waals surface area contributed by atoms with E-state index in [1.54, 1.807) is 0 Å². The molecule has 0 unspecified atom stereocenters. The van der Waals surface area contributed by atoms with Gasteiger partial charge in [0.05, 0.1) is 13.2 Å². The third kappa shape index (κ3) is 5.72. The number of carbonyl (C=O) groups is 2. The van der Waals surface area contributed by atoms with E-state index in [0.29, 0.717) is 24.7 Å². The number of nitrogens with one attached hydrogen (secondary N) is 2. The standard InChI is InChI=1S/C21H27N3O4/c1-4-27-17-12-11-16(13-18(17)28-5-2)14(3)23-19(20(25)24-21(22)26)15-9-7-6-8-10-15/h6-14,19,23H,4-5H2,1-3H3,(H3,22,24,25,26)/t14-,19+/m1/s1. The molecule has 0 aliphatic rings. The fourth-order valence-corrected chi connectivity index (χ4v) is 2.85. The first kappa shape index (κ1) is 21.2. The third-order valence-electron chi connectivity index (χ3n) is 4.13. The van der Waals surface area contributed by atoms with Crippen molar-refractivity contribution in [3.8, 4) is 11.5 Å². The number of carbonyl (C=O) groups excluding carboxylic acids is 2. The largest absolute Gasteiger partial charge is 0.490 e. The molecule has 28 heavy (non-hydrogen) atoms. The van der Waals surface area contributed by atoms with Gasteiger partial charge in [0.15, 0.2) is 11.5 Å². The Hall–Kier alpha value is -3.06. The first-order chi connectivity index (χ1) is 13.5. The molecule has 0 heterocycles. The maximum absolute atomic E-state index is 12.5. The number of primary amides is 1. The second-order valence-electron chi connectivity index (χ2n) is 6.16. The molecule has 2 aromatic carbocycles. The highest BCUT2D eigenvalue weighted by atomic mass is 16.5. The molecule has 0 bridgehead atoms. The maximum Gasteiger partial charge on any atom is 0.318 e. The molecule has 2 rings (SSSR count). The fourth-order valence-electron chi connectivity index (χ4n) is 2.85. The lowest BCUT2D eigenvalue weighted by Gasteiger charge is -2.23. The van der Waals surface area contributed by atoms with Crippen LogP contribution in [0.4, 0.5) is 4.79 Å². The van der Waals surface area contributed by atoms with Crippen LogP contribution < -0.4 is 25.8 Å². The van der Waals surface area contributed by atoms with Crippen LogP contribution in [0.25, 0.3) is 0 Å². The van der Waals surface area contributed by atoms with Crippen molar-refractivity contribution in [2.75, 3.05) is 13.2 Å². The molecule has 0 fully saturated rings. The van der Waals surface area contributed by atoms with Gasteiger partial charge >= 0.3 is 6.03 Å². The van der Waals surface area contributed by atoms with E-state index >= 15 is 0 Å². The first-order valence-corrected chi connectivity index (χ1v) is 9.27. The van der Waals surface area contributed by atoms with E-state index in [4.69, 9.17) is 15.2 Å². The molecule has 7 nitrogen and oxygen atoms in total. The SMILES string of the molecule is CCOc1ccc([C@@H](C)N[C@H](C(=O)NC(N)=O)c2ccccc2)cc1OCC. The highest BCUT2D eigenvalue weighted by molar-refractivity contribution is 5.96. The van der Waals surface area contributed by atoms with Gasteiger partial charge in [-0.3, -0.25) is 15.4 Å². The van der Waals surface area contributed by atoms with Crippen LogP contribution in [0.15, 0.2) is 48.5 Å². The molecule has 0 radical (unpaired) electrons. The van der Waals surface area contributed by atoms with Gasteiger partial charge in [0.25, 0.3) is 0 Å². The van der Waals surface area contributed by atoms with Crippen LogP contribution in [0.5, 0.6) is 11.5 Å². The summed E-state index contributed by atoms with van der Waals surface area (Å²) in [7, 11) is 0. The fraction of sp³-hybridized carbons (Fsp3) is 0.333. The Morgan fingerprint density at radius 1 is 0.964 bits per heavy atom. The molecule has 0 aliphatic heterocycles. The highest BCUT2D eigenvalue weighted by Gasteiger charge is 2.24. The molecule has 0 spiro atoms. The predicted molar refractivity (Wildman–Crippen MR) is 107 cm³/mol. The van der Waals surface area contributed by atoms with Crippen LogP contribution >= 0.6 is 0 Å². The Balaban J connectivity index is 2.27. The summed E-state index contributed by atoms with van der Waals surface area (Å²) in [6.07, 6.45) is 0. The summed E-state index contributed by atoms with van der Waals surface area (Å²) in [4.78, 5) is 23.7. The highest BCUT2D eigenvalue weighted by Crippen LogP contribution is 2.31. The zero-order valence-corrected chi connectivity index (χ0v) is 16.4. The monoisotopic (exact) mass is 385 g/mol. The van der Waals surface area contributed by atoms with Gasteiger partial charge in [0.1, 0.15) is 6.04 Å². The average Bonchev–Trinajstić information content (AvgIpc) is 2.67. The van der Waals surface area contributed by atoms with E-state index in [0.717, 1.165) is 11.1 Å². The number of hydrogen-bond acceptors (Lipinski definition) is 5. The van der Waals surface area contributed by atoms with Gasteiger partial charge in [-0.15, -0.1) is 0 Å². The number of hydrogen-bond donors (Lipinski definition) is 3. The topological polar surface area (TPSA) is 103 Å². The molecule has 0 aliphatic carbocycles. The molecule has 2 atom stereocenters. The van der Waals surface area contributed by atoms with Gasteiger partial charge in [-0.05, 0) is 44.0 Å².